The van der Waals surface area contributed by atoms with Gasteiger partial charge in [-0.25, -0.2) is 21.6 Å². The zero-order chi connectivity index (χ0) is 22.6. The van der Waals surface area contributed by atoms with Crippen LogP contribution in [0.2, 0.25) is 0 Å². The number of benzene rings is 1. The van der Waals surface area contributed by atoms with Crippen molar-refractivity contribution >= 4 is 26.0 Å². The largest absolute Gasteiger partial charge is 0.339 e. The molecule has 174 valence electrons. The van der Waals surface area contributed by atoms with E-state index in [0.717, 1.165) is 37.5 Å². The van der Waals surface area contributed by atoms with Crippen LogP contribution in [0.4, 0.5) is 0 Å². The number of rotatable bonds is 7. The van der Waals surface area contributed by atoms with Crippen molar-refractivity contribution in [3.8, 4) is 0 Å². The molecule has 1 N–H and O–H groups in total. The Morgan fingerprint density at radius 1 is 1.13 bits per heavy atom. The van der Waals surface area contributed by atoms with Crippen molar-refractivity contribution in [1.82, 2.24) is 13.9 Å². The van der Waals surface area contributed by atoms with E-state index in [1.165, 1.54) is 0 Å². The van der Waals surface area contributed by atoms with Crippen LogP contribution in [-0.2, 0) is 26.6 Å². The summed E-state index contributed by atoms with van der Waals surface area (Å²) in [6.45, 7) is 4.03. The van der Waals surface area contributed by atoms with Gasteiger partial charge in [0.25, 0.3) is 5.91 Å². The molecule has 2 heterocycles. The molecule has 1 aromatic carbocycles. The lowest BCUT2D eigenvalue weighted by atomic mass is 9.93. The Kier molecular flexibility index (Phi) is 7.77. The van der Waals surface area contributed by atoms with Crippen molar-refractivity contribution < 1.29 is 21.6 Å². The highest BCUT2D eigenvalue weighted by Gasteiger charge is 2.31. The quantitative estimate of drug-likeness (QED) is 0.653. The lowest BCUT2D eigenvalue weighted by Crippen LogP contribution is -2.43. The van der Waals surface area contributed by atoms with Crippen LogP contribution >= 0.6 is 0 Å². The van der Waals surface area contributed by atoms with E-state index in [1.54, 1.807) is 16.4 Å². The summed E-state index contributed by atoms with van der Waals surface area (Å²) in [5, 5.41) is 0. The third-order valence-corrected chi connectivity index (χ3v) is 8.97. The van der Waals surface area contributed by atoms with Crippen molar-refractivity contribution in [3.63, 3.8) is 0 Å². The van der Waals surface area contributed by atoms with E-state index in [0.29, 0.717) is 44.1 Å². The van der Waals surface area contributed by atoms with Gasteiger partial charge in [-0.15, -0.1) is 0 Å². The van der Waals surface area contributed by atoms with Crippen molar-refractivity contribution in [2.45, 2.75) is 51.6 Å². The summed E-state index contributed by atoms with van der Waals surface area (Å²) >= 11 is 0. The molecule has 0 saturated carbocycles. The van der Waals surface area contributed by atoms with Crippen LogP contribution in [0.25, 0.3) is 0 Å². The molecular weight excluding hydrogens is 438 g/mol. The van der Waals surface area contributed by atoms with Gasteiger partial charge >= 0.3 is 0 Å². The van der Waals surface area contributed by atoms with E-state index in [4.69, 9.17) is 0 Å². The number of amides is 1. The van der Waals surface area contributed by atoms with Crippen LogP contribution in [-0.4, -0.2) is 69.6 Å². The minimum absolute atomic E-state index is 0.00557. The second-order valence-corrected chi connectivity index (χ2v) is 12.6. The summed E-state index contributed by atoms with van der Waals surface area (Å²) in [6, 6.07) is 7.23. The van der Waals surface area contributed by atoms with Crippen LogP contribution < -0.4 is 4.72 Å². The first-order chi connectivity index (χ1) is 14.5. The maximum absolute atomic E-state index is 12.8. The summed E-state index contributed by atoms with van der Waals surface area (Å²) in [5.74, 6) is 0.598. The van der Waals surface area contributed by atoms with E-state index in [2.05, 4.69) is 4.72 Å². The molecule has 3 rings (SSSR count). The highest BCUT2D eigenvalue weighted by molar-refractivity contribution is 7.89. The Morgan fingerprint density at radius 2 is 1.77 bits per heavy atom. The summed E-state index contributed by atoms with van der Waals surface area (Å²) in [5.41, 5.74) is 1.49. The van der Waals surface area contributed by atoms with Gasteiger partial charge in [0.05, 0.1) is 12.0 Å². The number of piperidine rings is 1. The Bertz CT molecular complexity index is 969. The van der Waals surface area contributed by atoms with Gasteiger partial charge in [-0.1, -0.05) is 12.1 Å². The van der Waals surface area contributed by atoms with Gasteiger partial charge < -0.3 is 4.90 Å². The fraction of sp³-hybridized carbons (Fsp3) is 0.667. The SMILES string of the molecule is CC1CCCS(=O)(=O)N1Cc1ccc(C(=O)N2CCC(CCNS(C)(=O)=O)CC2)cc1. The van der Waals surface area contributed by atoms with E-state index >= 15 is 0 Å². The van der Waals surface area contributed by atoms with Crippen LogP contribution in [0, 0.1) is 5.92 Å². The average molecular weight is 472 g/mol. The van der Waals surface area contributed by atoms with Gasteiger partial charge in [-0.05, 0) is 62.6 Å². The van der Waals surface area contributed by atoms with Gasteiger partial charge in [0.15, 0.2) is 0 Å². The maximum Gasteiger partial charge on any atom is 0.253 e. The molecular formula is C21H33N3O5S2. The van der Waals surface area contributed by atoms with E-state index < -0.39 is 20.0 Å². The van der Waals surface area contributed by atoms with Crippen molar-refractivity contribution in [1.29, 1.82) is 0 Å². The molecule has 31 heavy (non-hydrogen) atoms. The Hall–Kier alpha value is -1.49. The molecule has 8 nitrogen and oxygen atoms in total. The number of hydrogen-bond acceptors (Lipinski definition) is 5. The lowest BCUT2D eigenvalue weighted by molar-refractivity contribution is 0.0687. The average Bonchev–Trinajstić information content (AvgIpc) is 2.70. The summed E-state index contributed by atoms with van der Waals surface area (Å²) in [6.07, 6.45) is 5.24. The van der Waals surface area contributed by atoms with Crippen LogP contribution in [0.3, 0.4) is 0 Å². The Labute approximate surface area is 186 Å². The Morgan fingerprint density at radius 3 is 2.35 bits per heavy atom. The molecule has 2 aliphatic heterocycles. The molecule has 0 aromatic heterocycles. The van der Waals surface area contributed by atoms with Gasteiger partial charge in [0, 0.05) is 37.8 Å². The van der Waals surface area contributed by atoms with Gasteiger partial charge in [0.1, 0.15) is 0 Å². The van der Waals surface area contributed by atoms with Crippen LogP contribution in [0.15, 0.2) is 24.3 Å². The lowest BCUT2D eigenvalue weighted by Gasteiger charge is -2.33. The maximum atomic E-state index is 12.8. The molecule has 1 amide bonds. The monoisotopic (exact) mass is 471 g/mol. The van der Waals surface area contributed by atoms with Gasteiger partial charge in [-0.3, -0.25) is 4.79 Å². The molecule has 0 radical (unpaired) electrons. The standard InChI is InChI=1S/C21H33N3O5S2/c1-17-4-3-15-31(28,29)24(17)16-19-5-7-20(8-6-19)21(25)23-13-10-18(11-14-23)9-12-22-30(2,26)27/h5-8,17-18,22H,3-4,9-16H2,1-2H3. The highest BCUT2D eigenvalue weighted by atomic mass is 32.2. The van der Waals surface area contributed by atoms with Crippen LogP contribution in [0.1, 0.15) is 54.9 Å². The number of carbonyl (C=O) groups is 1. The molecule has 0 aliphatic carbocycles. The molecule has 1 unspecified atom stereocenters. The Balaban J connectivity index is 1.52. The smallest absolute Gasteiger partial charge is 0.253 e. The normalized spacial score (nSPS) is 23.0. The molecule has 1 atom stereocenters. The fourth-order valence-corrected chi connectivity index (χ4v) is 6.59. The zero-order valence-corrected chi connectivity index (χ0v) is 19.9. The molecule has 0 spiro atoms. The third-order valence-electron chi connectivity index (χ3n) is 6.23. The second kappa shape index (κ2) is 9.97. The van der Waals surface area contributed by atoms with Crippen molar-refractivity contribution in [2.24, 2.45) is 5.92 Å². The third kappa shape index (κ3) is 6.74. The molecule has 0 bridgehead atoms. The van der Waals surface area contributed by atoms with Crippen LogP contribution in [0.5, 0.6) is 0 Å². The summed E-state index contributed by atoms with van der Waals surface area (Å²) < 4.78 is 51.1. The number of nitrogens with one attached hydrogen (secondary N) is 1. The molecule has 1 aromatic rings. The minimum atomic E-state index is -3.21. The van der Waals surface area contributed by atoms with E-state index in [-0.39, 0.29) is 17.7 Å². The molecule has 2 aliphatic rings. The van der Waals surface area contributed by atoms with E-state index in [9.17, 15) is 21.6 Å². The highest BCUT2D eigenvalue weighted by Crippen LogP contribution is 2.24. The number of sulfonamides is 2. The predicted molar refractivity (Wildman–Crippen MR) is 121 cm³/mol. The zero-order valence-electron chi connectivity index (χ0n) is 18.3. The van der Waals surface area contributed by atoms with E-state index in [1.807, 2.05) is 24.0 Å². The van der Waals surface area contributed by atoms with Gasteiger partial charge in [-0.2, -0.15) is 4.31 Å². The molecule has 2 saturated heterocycles. The summed E-state index contributed by atoms with van der Waals surface area (Å²) in [7, 11) is -6.37. The minimum Gasteiger partial charge on any atom is -0.339 e. The molecule has 2 fully saturated rings. The first-order valence-electron chi connectivity index (χ1n) is 10.9. The fourth-order valence-electron chi connectivity index (χ4n) is 4.34. The first-order valence-corrected chi connectivity index (χ1v) is 14.4. The molecule has 10 heteroatoms. The first kappa shape index (κ1) is 24.2. The number of carbonyl (C=O) groups excluding carboxylic acids is 1. The topological polar surface area (TPSA) is 104 Å². The summed E-state index contributed by atoms with van der Waals surface area (Å²) in [4.78, 5) is 14.7. The van der Waals surface area contributed by atoms with Crippen molar-refractivity contribution in [2.75, 3.05) is 31.6 Å². The van der Waals surface area contributed by atoms with Gasteiger partial charge in [0.2, 0.25) is 20.0 Å². The number of nitrogens with zero attached hydrogens (tertiary/aromatic N) is 2. The number of hydrogen-bond donors (Lipinski definition) is 1. The van der Waals surface area contributed by atoms with Crippen molar-refractivity contribution in [3.05, 3.63) is 35.4 Å². The second-order valence-electron chi connectivity index (χ2n) is 8.74. The predicted octanol–water partition coefficient (Wildman–Crippen LogP) is 1.79. The number of likely N-dealkylation sites (tertiary alicyclic amines) is 1.